The van der Waals surface area contributed by atoms with Gasteiger partial charge in [0, 0.05) is 0 Å². The Bertz CT molecular complexity index is 497. The molecule has 0 aromatic rings. The molecule has 0 bridgehead atoms. The van der Waals surface area contributed by atoms with Gasteiger partial charge in [-0.1, -0.05) is 97.1 Å². The number of carbonyl (C=O) groups is 2. The predicted molar refractivity (Wildman–Crippen MR) is 110 cm³/mol. The number of hydrogen-bond acceptors (Lipinski definition) is 2. The van der Waals surface area contributed by atoms with E-state index in [1.54, 1.807) is 0 Å². The minimum Gasteiger partial charge on any atom is -0.481 e. The van der Waals surface area contributed by atoms with E-state index in [1.807, 2.05) is 26.0 Å². The van der Waals surface area contributed by atoms with Crippen molar-refractivity contribution in [2.45, 2.75) is 104 Å². The minimum atomic E-state index is -1.22. The van der Waals surface area contributed by atoms with E-state index in [-0.39, 0.29) is 5.92 Å². The molecule has 4 heteroatoms. The highest BCUT2D eigenvalue weighted by atomic mass is 16.4. The molecular formula is C23H40O4. The van der Waals surface area contributed by atoms with Crippen LogP contribution in [0.3, 0.4) is 0 Å². The fourth-order valence-corrected chi connectivity index (χ4v) is 4.88. The first-order valence-corrected chi connectivity index (χ1v) is 11.0. The number of hydrogen-bond donors (Lipinski definition) is 2. The molecule has 0 aromatic carbocycles. The van der Waals surface area contributed by atoms with E-state index in [0.717, 1.165) is 19.3 Å². The molecule has 0 aliphatic heterocycles. The minimum absolute atomic E-state index is 0.223. The Morgan fingerprint density at radius 1 is 0.815 bits per heavy atom. The standard InChI is InChI=1S/C23H40O4/c1-4-5-6-7-8-9-10-11-12-13-16-22(20(24)25)17-14-15-18-23(22,19(2)3)21(26)27/h14-15,19H,4-13,16-18H2,1-3H3,(H,24,25)(H,26,27). The van der Waals surface area contributed by atoms with Gasteiger partial charge in [-0.3, -0.25) is 9.59 Å². The van der Waals surface area contributed by atoms with Crippen molar-refractivity contribution in [1.29, 1.82) is 0 Å². The van der Waals surface area contributed by atoms with E-state index in [0.29, 0.717) is 19.3 Å². The molecule has 2 N–H and O–H groups in total. The van der Waals surface area contributed by atoms with Crippen molar-refractivity contribution in [3.8, 4) is 0 Å². The lowest BCUT2D eigenvalue weighted by molar-refractivity contribution is -0.181. The van der Waals surface area contributed by atoms with Crippen LogP contribution in [0.2, 0.25) is 0 Å². The van der Waals surface area contributed by atoms with Crippen molar-refractivity contribution in [1.82, 2.24) is 0 Å². The molecule has 0 amide bonds. The van der Waals surface area contributed by atoms with Crippen LogP contribution in [0.15, 0.2) is 12.2 Å². The molecule has 156 valence electrons. The first kappa shape index (κ1) is 23.7. The van der Waals surface area contributed by atoms with Crippen LogP contribution in [0.5, 0.6) is 0 Å². The molecule has 0 fully saturated rings. The summed E-state index contributed by atoms with van der Waals surface area (Å²) in [7, 11) is 0. The highest BCUT2D eigenvalue weighted by Gasteiger charge is 2.62. The lowest BCUT2D eigenvalue weighted by atomic mass is 9.51. The smallest absolute Gasteiger partial charge is 0.311 e. The Kier molecular flexibility index (Phi) is 10.1. The zero-order valence-corrected chi connectivity index (χ0v) is 17.6. The fourth-order valence-electron chi connectivity index (χ4n) is 4.88. The van der Waals surface area contributed by atoms with Crippen molar-refractivity contribution in [2.75, 3.05) is 0 Å². The van der Waals surface area contributed by atoms with Crippen LogP contribution in [-0.4, -0.2) is 22.2 Å². The van der Waals surface area contributed by atoms with Gasteiger partial charge >= 0.3 is 11.9 Å². The Hall–Kier alpha value is -1.32. The van der Waals surface area contributed by atoms with E-state index in [1.165, 1.54) is 44.9 Å². The van der Waals surface area contributed by atoms with Crippen LogP contribution in [0.25, 0.3) is 0 Å². The maximum absolute atomic E-state index is 12.3. The van der Waals surface area contributed by atoms with Crippen LogP contribution < -0.4 is 0 Å². The zero-order chi connectivity index (χ0) is 20.3. The maximum atomic E-state index is 12.3. The first-order chi connectivity index (χ1) is 12.8. The van der Waals surface area contributed by atoms with Crippen LogP contribution in [0.1, 0.15) is 104 Å². The number of aliphatic carboxylic acids is 2. The predicted octanol–water partition coefficient (Wildman–Crippen LogP) is 6.45. The molecule has 1 aliphatic carbocycles. The molecule has 27 heavy (non-hydrogen) atoms. The molecule has 0 spiro atoms. The third kappa shape index (κ3) is 5.58. The van der Waals surface area contributed by atoms with E-state index < -0.39 is 22.8 Å². The Balaban J connectivity index is 2.59. The van der Waals surface area contributed by atoms with E-state index in [9.17, 15) is 19.8 Å². The summed E-state index contributed by atoms with van der Waals surface area (Å²) in [5.41, 5.74) is -2.41. The average Bonchev–Trinajstić information content (AvgIpc) is 2.62. The molecule has 1 rings (SSSR count). The summed E-state index contributed by atoms with van der Waals surface area (Å²) < 4.78 is 0. The number of carboxylic acid groups (broad SMARTS) is 2. The Morgan fingerprint density at radius 3 is 1.74 bits per heavy atom. The number of carboxylic acids is 2. The van der Waals surface area contributed by atoms with E-state index in [4.69, 9.17) is 0 Å². The second-order valence-corrected chi connectivity index (χ2v) is 8.63. The van der Waals surface area contributed by atoms with Crippen molar-refractivity contribution in [3.63, 3.8) is 0 Å². The summed E-state index contributed by atoms with van der Waals surface area (Å²) in [6.45, 7) is 5.93. The summed E-state index contributed by atoms with van der Waals surface area (Å²) in [6, 6.07) is 0. The van der Waals surface area contributed by atoms with Gasteiger partial charge in [0.25, 0.3) is 0 Å². The molecule has 0 saturated heterocycles. The topological polar surface area (TPSA) is 74.6 Å². The number of rotatable bonds is 14. The molecule has 0 saturated carbocycles. The van der Waals surface area contributed by atoms with Crippen LogP contribution >= 0.6 is 0 Å². The summed E-state index contributed by atoms with van der Waals surface area (Å²) in [5.74, 6) is -2.13. The molecule has 2 atom stereocenters. The summed E-state index contributed by atoms with van der Waals surface area (Å²) in [4.78, 5) is 24.5. The molecule has 0 radical (unpaired) electrons. The number of allylic oxidation sites excluding steroid dienone is 2. The molecular weight excluding hydrogens is 340 g/mol. The van der Waals surface area contributed by atoms with Crippen LogP contribution in [-0.2, 0) is 9.59 Å². The van der Waals surface area contributed by atoms with Gasteiger partial charge in [-0.2, -0.15) is 0 Å². The van der Waals surface area contributed by atoms with Crippen molar-refractivity contribution in [3.05, 3.63) is 12.2 Å². The van der Waals surface area contributed by atoms with Gasteiger partial charge in [0.2, 0.25) is 0 Å². The van der Waals surface area contributed by atoms with Crippen molar-refractivity contribution < 1.29 is 19.8 Å². The van der Waals surface area contributed by atoms with Gasteiger partial charge in [-0.15, -0.1) is 0 Å². The number of unbranched alkanes of at least 4 members (excludes halogenated alkanes) is 9. The SMILES string of the molecule is CCCCCCCCCCCCC1(C(=O)O)CC=CCC1(C(=O)O)C(C)C. The van der Waals surface area contributed by atoms with Crippen molar-refractivity contribution >= 4 is 11.9 Å². The van der Waals surface area contributed by atoms with Gasteiger partial charge in [-0.05, 0) is 25.2 Å². The molecule has 0 heterocycles. The van der Waals surface area contributed by atoms with E-state index >= 15 is 0 Å². The summed E-state index contributed by atoms with van der Waals surface area (Å²) in [6.07, 6.45) is 16.7. The summed E-state index contributed by atoms with van der Waals surface area (Å²) >= 11 is 0. The fraction of sp³-hybridized carbons (Fsp3) is 0.826. The first-order valence-electron chi connectivity index (χ1n) is 11.0. The van der Waals surface area contributed by atoms with Crippen molar-refractivity contribution in [2.24, 2.45) is 16.7 Å². The van der Waals surface area contributed by atoms with Gasteiger partial charge < -0.3 is 10.2 Å². The lowest BCUT2D eigenvalue weighted by Crippen LogP contribution is -2.56. The van der Waals surface area contributed by atoms with E-state index in [2.05, 4.69) is 6.92 Å². The van der Waals surface area contributed by atoms with Crippen LogP contribution in [0, 0.1) is 16.7 Å². The quantitative estimate of drug-likeness (QED) is 0.268. The molecule has 1 aliphatic rings. The Morgan fingerprint density at radius 2 is 1.30 bits per heavy atom. The third-order valence-corrected chi connectivity index (χ3v) is 6.66. The molecule has 4 nitrogen and oxygen atoms in total. The maximum Gasteiger partial charge on any atom is 0.311 e. The Labute approximate surface area is 165 Å². The molecule has 2 unspecified atom stereocenters. The molecule has 0 aromatic heterocycles. The lowest BCUT2D eigenvalue weighted by Gasteiger charge is -2.49. The normalized spacial score (nSPS) is 25.0. The zero-order valence-electron chi connectivity index (χ0n) is 17.6. The monoisotopic (exact) mass is 380 g/mol. The highest BCUT2D eigenvalue weighted by Crippen LogP contribution is 2.56. The highest BCUT2D eigenvalue weighted by molar-refractivity contribution is 5.87. The van der Waals surface area contributed by atoms with Gasteiger partial charge in [0.15, 0.2) is 0 Å². The second kappa shape index (κ2) is 11.5. The third-order valence-electron chi connectivity index (χ3n) is 6.66. The second-order valence-electron chi connectivity index (χ2n) is 8.63. The summed E-state index contributed by atoms with van der Waals surface area (Å²) in [5, 5.41) is 20.1. The van der Waals surface area contributed by atoms with Gasteiger partial charge in [-0.25, -0.2) is 0 Å². The average molecular weight is 381 g/mol. The van der Waals surface area contributed by atoms with Crippen LogP contribution in [0.4, 0.5) is 0 Å². The largest absolute Gasteiger partial charge is 0.481 e. The van der Waals surface area contributed by atoms with Gasteiger partial charge in [0.05, 0.1) is 10.8 Å². The van der Waals surface area contributed by atoms with Gasteiger partial charge in [0.1, 0.15) is 0 Å².